The summed E-state index contributed by atoms with van der Waals surface area (Å²) in [7, 11) is 0. The van der Waals surface area contributed by atoms with Crippen LogP contribution in [-0.4, -0.2) is 42.8 Å². The maximum atomic E-state index is 8.88. The number of unbranched alkanes of at least 4 members (excludes halogenated alkanes) is 1. The molecule has 0 aromatic heterocycles. The highest BCUT2D eigenvalue weighted by Gasteiger charge is 2.18. The molecule has 1 aliphatic rings. The Bertz CT molecular complexity index is 139. The van der Waals surface area contributed by atoms with E-state index in [0.717, 1.165) is 25.3 Å². The Labute approximate surface area is 87.3 Å². The van der Waals surface area contributed by atoms with Gasteiger partial charge in [-0.15, -0.1) is 0 Å². The Kier molecular flexibility index (Phi) is 6.15. The fourth-order valence-electron chi connectivity index (χ4n) is 2.25. The molecule has 0 radical (unpaired) electrons. The zero-order valence-electron chi connectivity index (χ0n) is 9.12. The molecule has 3 N–H and O–H groups in total. The van der Waals surface area contributed by atoms with Crippen LogP contribution in [0.5, 0.6) is 0 Å². The summed E-state index contributed by atoms with van der Waals surface area (Å²) in [6, 6.07) is 0. The first-order valence-electron chi connectivity index (χ1n) is 5.90. The summed E-state index contributed by atoms with van der Waals surface area (Å²) in [6.45, 7) is 4.78. The lowest BCUT2D eigenvalue weighted by Crippen LogP contribution is -2.36. The van der Waals surface area contributed by atoms with Gasteiger partial charge in [0.05, 0.1) is 0 Å². The zero-order valence-corrected chi connectivity index (χ0v) is 9.12. The van der Waals surface area contributed by atoms with Crippen molar-refractivity contribution in [2.45, 2.75) is 32.1 Å². The Hall–Kier alpha value is -0.120. The SMILES string of the molecule is NCCCCN1CCCC(CCO)C1. The molecule has 0 aliphatic carbocycles. The van der Waals surface area contributed by atoms with Gasteiger partial charge < -0.3 is 15.7 Å². The summed E-state index contributed by atoms with van der Waals surface area (Å²) in [5, 5.41) is 8.88. The van der Waals surface area contributed by atoms with Crippen molar-refractivity contribution in [1.29, 1.82) is 0 Å². The van der Waals surface area contributed by atoms with Gasteiger partial charge >= 0.3 is 0 Å². The fraction of sp³-hybridized carbons (Fsp3) is 1.00. The van der Waals surface area contributed by atoms with Crippen LogP contribution >= 0.6 is 0 Å². The minimum absolute atomic E-state index is 0.349. The van der Waals surface area contributed by atoms with Crippen molar-refractivity contribution in [3.05, 3.63) is 0 Å². The number of nitrogens with two attached hydrogens (primary N) is 1. The molecule has 84 valence electrons. The van der Waals surface area contributed by atoms with Gasteiger partial charge in [-0.1, -0.05) is 0 Å². The summed E-state index contributed by atoms with van der Waals surface area (Å²) in [5.41, 5.74) is 5.47. The molecule has 1 aliphatic heterocycles. The number of nitrogens with zero attached hydrogens (tertiary/aromatic N) is 1. The largest absolute Gasteiger partial charge is 0.396 e. The lowest BCUT2D eigenvalue weighted by molar-refractivity contribution is 0.146. The van der Waals surface area contributed by atoms with Gasteiger partial charge in [0, 0.05) is 13.2 Å². The van der Waals surface area contributed by atoms with Gasteiger partial charge in [-0.3, -0.25) is 0 Å². The van der Waals surface area contributed by atoms with E-state index < -0.39 is 0 Å². The topological polar surface area (TPSA) is 49.5 Å². The van der Waals surface area contributed by atoms with Gasteiger partial charge in [0.1, 0.15) is 0 Å². The first-order valence-corrected chi connectivity index (χ1v) is 5.90. The number of aliphatic hydroxyl groups is 1. The van der Waals surface area contributed by atoms with E-state index in [4.69, 9.17) is 10.8 Å². The molecule has 0 spiro atoms. The number of rotatable bonds is 6. The molecule has 0 bridgehead atoms. The lowest BCUT2D eigenvalue weighted by atomic mass is 9.95. The normalized spacial score (nSPS) is 24.0. The third-order valence-corrected chi connectivity index (χ3v) is 3.07. The lowest BCUT2D eigenvalue weighted by Gasteiger charge is -2.32. The van der Waals surface area contributed by atoms with Crippen LogP contribution in [0.4, 0.5) is 0 Å². The molecule has 0 aromatic rings. The number of hydrogen-bond acceptors (Lipinski definition) is 3. The molecule has 1 heterocycles. The Morgan fingerprint density at radius 2 is 2.21 bits per heavy atom. The van der Waals surface area contributed by atoms with Crippen LogP contribution in [0.25, 0.3) is 0 Å². The van der Waals surface area contributed by atoms with Crippen molar-refractivity contribution in [3.63, 3.8) is 0 Å². The van der Waals surface area contributed by atoms with E-state index in [9.17, 15) is 0 Å². The van der Waals surface area contributed by atoms with Crippen LogP contribution in [0.3, 0.4) is 0 Å². The van der Waals surface area contributed by atoms with E-state index in [-0.39, 0.29) is 0 Å². The summed E-state index contributed by atoms with van der Waals surface area (Å²) >= 11 is 0. The Balaban J connectivity index is 2.12. The third-order valence-electron chi connectivity index (χ3n) is 3.07. The minimum Gasteiger partial charge on any atom is -0.396 e. The van der Waals surface area contributed by atoms with Crippen LogP contribution in [0.15, 0.2) is 0 Å². The van der Waals surface area contributed by atoms with Gasteiger partial charge in [0.15, 0.2) is 0 Å². The predicted octanol–water partition coefficient (Wildman–Crippen LogP) is 0.820. The molecule has 1 atom stereocenters. The fourth-order valence-corrected chi connectivity index (χ4v) is 2.25. The number of aliphatic hydroxyl groups excluding tert-OH is 1. The second kappa shape index (κ2) is 7.21. The van der Waals surface area contributed by atoms with Crippen LogP contribution in [-0.2, 0) is 0 Å². The van der Waals surface area contributed by atoms with Crippen LogP contribution in [0.1, 0.15) is 32.1 Å². The summed E-state index contributed by atoms with van der Waals surface area (Å²) in [5.74, 6) is 0.728. The zero-order chi connectivity index (χ0) is 10.2. The third kappa shape index (κ3) is 4.40. The molecule has 1 fully saturated rings. The Morgan fingerprint density at radius 3 is 2.93 bits per heavy atom. The molecule has 1 rings (SSSR count). The van der Waals surface area contributed by atoms with Gasteiger partial charge in [-0.05, 0) is 57.7 Å². The molecule has 0 saturated carbocycles. The second-order valence-electron chi connectivity index (χ2n) is 4.32. The molecule has 0 amide bonds. The van der Waals surface area contributed by atoms with E-state index in [1.165, 1.54) is 38.9 Å². The summed E-state index contributed by atoms with van der Waals surface area (Å²) in [4.78, 5) is 2.53. The van der Waals surface area contributed by atoms with Crippen molar-refractivity contribution in [3.8, 4) is 0 Å². The van der Waals surface area contributed by atoms with Crippen molar-refractivity contribution in [2.75, 3.05) is 32.8 Å². The van der Waals surface area contributed by atoms with Gasteiger partial charge in [-0.25, -0.2) is 0 Å². The van der Waals surface area contributed by atoms with E-state index >= 15 is 0 Å². The molecule has 3 heteroatoms. The maximum Gasteiger partial charge on any atom is 0.0434 e. The average Bonchev–Trinajstić information content (AvgIpc) is 2.19. The van der Waals surface area contributed by atoms with E-state index in [1.54, 1.807) is 0 Å². The number of hydrogen-bond donors (Lipinski definition) is 2. The second-order valence-corrected chi connectivity index (χ2v) is 4.32. The van der Waals surface area contributed by atoms with Gasteiger partial charge in [-0.2, -0.15) is 0 Å². The molecule has 14 heavy (non-hydrogen) atoms. The van der Waals surface area contributed by atoms with Crippen molar-refractivity contribution >= 4 is 0 Å². The summed E-state index contributed by atoms with van der Waals surface area (Å²) < 4.78 is 0. The monoisotopic (exact) mass is 200 g/mol. The highest BCUT2D eigenvalue weighted by molar-refractivity contribution is 4.72. The standard InChI is InChI=1S/C11H24N2O/c12-6-1-2-7-13-8-3-4-11(10-13)5-9-14/h11,14H,1-10,12H2. The van der Waals surface area contributed by atoms with E-state index in [2.05, 4.69) is 4.90 Å². The maximum absolute atomic E-state index is 8.88. The van der Waals surface area contributed by atoms with Crippen LogP contribution < -0.4 is 5.73 Å². The number of likely N-dealkylation sites (tertiary alicyclic amines) is 1. The van der Waals surface area contributed by atoms with E-state index in [0.29, 0.717) is 6.61 Å². The first-order chi connectivity index (χ1) is 6.86. The number of piperidine rings is 1. The highest BCUT2D eigenvalue weighted by Crippen LogP contribution is 2.19. The molecular weight excluding hydrogens is 176 g/mol. The Morgan fingerprint density at radius 1 is 1.36 bits per heavy atom. The van der Waals surface area contributed by atoms with Crippen LogP contribution in [0.2, 0.25) is 0 Å². The van der Waals surface area contributed by atoms with Crippen LogP contribution in [0, 0.1) is 5.92 Å². The molecule has 3 nitrogen and oxygen atoms in total. The predicted molar refractivity (Wildman–Crippen MR) is 59.2 cm³/mol. The molecule has 1 unspecified atom stereocenters. The highest BCUT2D eigenvalue weighted by atomic mass is 16.3. The van der Waals surface area contributed by atoms with Gasteiger partial charge in [0.2, 0.25) is 0 Å². The molecule has 1 saturated heterocycles. The van der Waals surface area contributed by atoms with Gasteiger partial charge in [0.25, 0.3) is 0 Å². The van der Waals surface area contributed by atoms with Crippen molar-refractivity contribution in [2.24, 2.45) is 11.7 Å². The van der Waals surface area contributed by atoms with Crippen molar-refractivity contribution < 1.29 is 5.11 Å². The van der Waals surface area contributed by atoms with E-state index in [1.807, 2.05) is 0 Å². The van der Waals surface area contributed by atoms with Crippen molar-refractivity contribution in [1.82, 2.24) is 4.90 Å². The average molecular weight is 200 g/mol. The minimum atomic E-state index is 0.349. The molecule has 0 aromatic carbocycles. The smallest absolute Gasteiger partial charge is 0.0434 e. The quantitative estimate of drug-likeness (QED) is 0.624. The molecular formula is C11H24N2O. The first kappa shape index (κ1) is 12.0. The summed E-state index contributed by atoms with van der Waals surface area (Å²) in [6.07, 6.45) is 5.94.